The van der Waals surface area contributed by atoms with Gasteiger partial charge in [-0.3, -0.25) is 0 Å². The molecule has 0 saturated heterocycles. The fourth-order valence-corrected chi connectivity index (χ4v) is 3.37. The van der Waals surface area contributed by atoms with Crippen molar-refractivity contribution in [2.75, 3.05) is 0 Å². The average Bonchev–Trinajstić information content (AvgIpc) is 3.25. The summed E-state index contributed by atoms with van der Waals surface area (Å²) in [6, 6.07) is 6.97. The van der Waals surface area contributed by atoms with Crippen molar-refractivity contribution in [2.45, 2.75) is 31.3 Å². The Hall–Kier alpha value is -2.32. The van der Waals surface area contributed by atoms with Gasteiger partial charge in [-0.05, 0) is 24.3 Å². The molecule has 128 valence electrons. The van der Waals surface area contributed by atoms with Crippen molar-refractivity contribution in [3.8, 4) is 11.5 Å². The summed E-state index contributed by atoms with van der Waals surface area (Å²) in [5.74, 6) is 2.49. The molecule has 0 aliphatic heterocycles. The summed E-state index contributed by atoms with van der Waals surface area (Å²) in [6.45, 7) is 3.97. The van der Waals surface area contributed by atoms with Crippen LogP contribution in [-0.2, 0) is 23.6 Å². The number of aryl methyl sites for hydroxylation is 1. The van der Waals surface area contributed by atoms with Gasteiger partial charge < -0.3 is 13.4 Å². The van der Waals surface area contributed by atoms with E-state index in [1.165, 1.54) is 6.20 Å². The van der Waals surface area contributed by atoms with Gasteiger partial charge >= 0.3 is 0 Å². The first-order valence-electron chi connectivity index (χ1n) is 7.52. The maximum Gasteiger partial charge on any atom is 0.260 e. The molecule has 0 spiro atoms. The summed E-state index contributed by atoms with van der Waals surface area (Å²) in [5.41, 5.74) is 0. The Balaban J connectivity index is 1.73. The topological polar surface area (TPSA) is 90.3 Å². The number of nitrogens with one attached hydrogen (secondary N) is 1. The first-order valence-corrected chi connectivity index (χ1v) is 9.00. The van der Waals surface area contributed by atoms with Crippen LogP contribution in [0.3, 0.4) is 0 Å². The second kappa shape index (κ2) is 6.29. The lowest BCUT2D eigenvalue weighted by Gasteiger charge is -2.03. The summed E-state index contributed by atoms with van der Waals surface area (Å²) in [4.78, 5) is 4.21. The van der Waals surface area contributed by atoms with Crippen LogP contribution in [0.4, 0.5) is 0 Å². The molecule has 3 rings (SSSR count). The van der Waals surface area contributed by atoms with Gasteiger partial charge in [0.25, 0.3) is 10.0 Å². The zero-order valence-corrected chi connectivity index (χ0v) is 14.5. The van der Waals surface area contributed by atoms with Gasteiger partial charge in [-0.25, -0.2) is 18.1 Å². The predicted molar refractivity (Wildman–Crippen MR) is 87.7 cm³/mol. The highest BCUT2D eigenvalue weighted by molar-refractivity contribution is 7.89. The van der Waals surface area contributed by atoms with Crippen molar-refractivity contribution in [3.63, 3.8) is 0 Å². The Morgan fingerprint density at radius 3 is 2.67 bits per heavy atom. The molecule has 7 nitrogen and oxygen atoms in total. The lowest BCUT2D eigenvalue weighted by atomic mass is 10.2. The van der Waals surface area contributed by atoms with Crippen molar-refractivity contribution in [1.82, 2.24) is 14.3 Å². The van der Waals surface area contributed by atoms with Gasteiger partial charge in [0.2, 0.25) is 0 Å². The van der Waals surface area contributed by atoms with Crippen molar-refractivity contribution in [3.05, 3.63) is 48.3 Å². The van der Waals surface area contributed by atoms with E-state index < -0.39 is 10.0 Å². The van der Waals surface area contributed by atoms with Gasteiger partial charge in [-0.1, -0.05) is 13.8 Å². The second-order valence-corrected chi connectivity index (χ2v) is 7.48. The first-order chi connectivity index (χ1) is 11.4. The summed E-state index contributed by atoms with van der Waals surface area (Å²) >= 11 is 0. The molecule has 8 heteroatoms. The normalized spacial score (nSPS) is 12.2. The Kier molecular flexibility index (Phi) is 4.33. The Morgan fingerprint density at radius 1 is 1.25 bits per heavy atom. The quantitative estimate of drug-likeness (QED) is 0.739. The molecule has 0 saturated carbocycles. The van der Waals surface area contributed by atoms with E-state index in [2.05, 4.69) is 9.71 Å². The van der Waals surface area contributed by atoms with Crippen LogP contribution < -0.4 is 4.72 Å². The minimum absolute atomic E-state index is 0.00603. The van der Waals surface area contributed by atoms with Gasteiger partial charge in [0, 0.05) is 19.2 Å². The van der Waals surface area contributed by atoms with E-state index in [9.17, 15) is 8.42 Å². The molecule has 3 aromatic rings. The van der Waals surface area contributed by atoms with E-state index >= 15 is 0 Å². The third kappa shape index (κ3) is 3.29. The summed E-state index contributed by atoms with van der Waals surface area (Å²) in [7, 11) is -1.92. The van der Waals surface area contributed by atoms with Crippen LogP contribution in [0.1, 0.15) is 31.4 Å². The third-order valence-corrected chi connectivity index (χ3v) is 4.82. The van der Waals surface area contributed by atoms with Crippen molar-refractivity contribution in [2.24, 2.45) is 7.05 Å². The van der Waals surface area contributed by atoms with Gasteiger partial charge in [0.15, 0.2) is 16.5 Å². The molecule has 0 atom stereocenters. The van der Waals surface area contributed by atoms with E-state index in [1.807, 2.05) is 13.8 Å². The van der Waals surface area contributed by atoms with Gasteiger partial charge in [0.1, 0.15) is 11.6 Å². The number of hydrogen-bond acceptors (Lipinski definition) is 5. The number of aromatic nitrogens is 2. The molecule has 0 unspecified atom stereocenters. The summed E-state index contributed by atoms with van der Waals surface area (Å²) in [5, 5.41) is 0.00603. The standard InChI is InChI=1S/C16H19N3O4S/c1-11(2)16-18-15(10-19(16)3)24(20,21)17-9-12-6-7-14(23-12)13-5-4-8-22-13/h4-8,10-11,17H,9H2,1-3H3. The van der Waals surface area contributed by atoms with Crippen molar-refractivity contribution < 1.29 is 17.3 Å². The molecular formula is C16H19N3O4S. The molecule has 0 aliphatic rings. The number of furan rings is 2. The minimum Gasteiger partial charge on any atom is -0.461 e. The van der Waals surface area contributed by atoms with Crippen LogP contribution in [0, 0.1) is 0 Å². The Labute approximate surface area is 140 Å². The minimum atomic E-state index is -3.70. The van der Waals surface area contributed by atoms with Crippen LogP contribution in [-0.4, -0.2) is 18.0 Å². The van der Waals surface area contributed by atoms with Gasteiger partial charge in [-0.15, -0.1) is 0 Å². The Morgan fingerprint density at radius 2 is 2.04 bits per heavy atom. The maximum absolute atomic E-state index is 12.4. The number of imidazole rings is 1. The molecule has 24 heavy (non-hydrogen) atoms. The zero-order chi connectivity index (χ0) is 17.3. The van der Waals surface area contributed by atoms with E-state index in [0.717, 1.165) is 0 Å². The average molecular weight is 349 g/mol. The SMILES string of the molecule is CC(C)c1nc(S(=O)(=O)NCc2ccc(-c3ccco3)o2)cn1C. The van der Waals surface area contributed by atoms with Crippen molar-refractivity contribution in [1.29, 1.82) is 0 Å². The van der Waals surface area contributed by atoms with Crippen LogP contribution in [0.25, 0.3) is 11.5 Å². The summed E-state index contributed by atoms with van der Waals surface area (Å²) < 4.78 is 39.8. The van der Waals surface area contributed by atoms with Crippen LogP contribution in [0.2, 0.25) is 0 Å². The highest BCUT2D eigenvalue weighted by Crippen LogP contribution is 2.22. The van der Waals surface area contributed by atoms with Crippen LogP contribution in [0.5, 0.6) is 0 Å². The Bertz CT molecular complexity index is 921. The lowest BCUT2D eigenvalue weighted by molar-refractivity contribution is 0.485. The van der Waals surface area contributed by atoms with E-state index in [1.54, 1.807) is 42.1 Å². The monoisotopic (exact) mass is 349 g/mol. The third-order valence-electron chi connectivity index (χ3n) is 3.54. The zero-order valence-electron chi connectivity index (χ0n) is 13.7. The fraction of sp³-hybridized carbons (Fsp3) is 0.312. The molecule has 0 radical (unpaired) electrons. The van der Waals surface area contributed by atoms with Gasteiger partial charge in [-0.2, -0.15) is 0 Å². The molecule has 0 amide bonds. The number of nitrogens with zero attached hydrogens (tertiary/aromatic N) is 2. The number of hydrogen-bond donors (Lipinski definition) is 1. The smallest absolute Gasteiger partial charge is 0.260 e. The van der Waals surface area contributed by atoms with Crippen molar-refractivity contribution >= 4 is 10.0 Å². The first kappa shape index (κ1) is 16.5. The van der Waals surface area contributed by atoms with Crippen LogP contribution >= 0.6 is 0 Å². The fourth-order valence-electron chi connectivity index (χ4n) is 2.38. The number of rotatable bonds is 6. The van der Waals surface area contributed by atoms with Crippen LogP contribution in [0.15, 0.2) is 50.6 Å². The van der Waals surface area contributed by atoms with E-state index in [4.69, 9.17) is 8.83 Å². The summed E-state index contributed by atoms with van der Waals surface area (Å²) in [6.07, 6.45) is 3.06. The molecular weight excluding hydrogens is 330 g/mol. The predicted octanol–water partition coefficient (Wildman–Crippen LogP) is 2.88. The molecule has 3 aromatic heterocycles. The molecule has 0 fully saturated rings. The van der Waals surface area contributed by atoms with Gasteiger partial charge in [0.05, 0.1) is 12.8 Å². The lowest BCUT2D eigenvalue weighted by Crippen LogP contribution is -2.23. The van der Waals surface area contributed by atoms with E-state index in [0.29, 0.717) is 23.1 Å². The van der Waals surface area contributed by atoms with E-state index in [-0.39, 0.29) is 17.5 Å². The molecule has 0 aliphatic carbocycles. The molecule has 0 bridgehead atoms. The largest absolute Gasteiger partial charge is 0.461 e. The highest BCUT2D eigenvalue weighted by Gasteiger charge is 2.21. The molecule has 3 heterocycles. The number of sulfonamides is 1. The highest BCUT2D eigenvalue weighted by atomic mass is 32.2. The second-order valence-electron chi connectivity index (χ2n) is 5.77. The maximum atomic E-state index is 12.4. The molecule has 0 aromatic carbocycles. The molecule has 1 N–H and O–H groups in total.